The molecule has 5 rings (SSSR count). The number of carboxylic acid groups (broad SMARTS) is 2. The molecule has 5 heterocycles. The van der Waals surface area contributed by atoms with Crippen LogP contribution in [0, 0.1) is 0 Å². The second kappa shape index (κ2) is 24.2. The molecule has 2 atom stereocenters. The number of fused-ring (bicyclic) bond motifs is 1. The van der Waals surface area contributed by atoms with Crippen LogP contribution >= 0.6 is 23.1 Å². The maximum atomic E-state index is 13.1. The number of β-lactam (4-membered cyclic amide) rings is 1. The number of amides is 3. The summed E-state index contributed by atoms with van der Waals surface area (Å²) in [7, 11) is 0. The van der Waals surface area contributed by atoms with E-state index in [1.54, 1.807) is 18.6 Å². The van der Waals surface area contributed by atoms with Gasteiger partial charge in [-0.05, 0) is 39.5 Å². The molecule has 0 aromatic carbocycles. The maximum Gasteiger partial charge on any atom is 0.352 e. The highest BCUT2D eigenvalue weighted by molar-refractivity contribution is 8.00. The highest BCUT2D eigenvalue weighted by Crippen LogP contribution is 2.40. The van der Waals surface area contributed by atoms with Crippen molar-refractivity contribution >= 4 is 69.6 Å². The molecule has 0 aliphatic carbocycles. The van der Waals surface area contributed by atoms with Crippen LogP contribution in [0.15, 0.2) is 58.6 Å². The molecule has 338 valence electrons. The summed E-state index contributed by atoms with van der Waals surface area (Å²) >= 11 is 2.35. The van der Waals surface area contributed by atoms with Gasteiger partial charge in [0.15, 0.2) is 35.7 Å². The van der Waals surface area contributed by atoms with Crippen LogP contribution in [0.4, 0.5) is 11.1 Å². The van der Waals surface area contributed by atoms with Crippen molar-refractivity contribution in [3.8, 4) is 0 Å². The molecule has 62 heavy (non-hydrogen) atoms. The fourth-order valence-corrected chi connectivity index (χ4v) is 8.62. The van der Waals surface area contributed by atoms with Crippen molar-refractivity contribution in [1.29, 1.82) is 0 Å². The molecule has 3 amide bonds. The molecule has 2 aliphatic heterocycles. The van der Waals surface area contributed by atoms with Gasteiger partial charge in [0.05, 0.1) is 6.20 Å². The van der Waals surface area contributed by atoms with Gasteiger partial charge in [0.2, 0.25) is 11.5 Å². The summed E-state index contributed by atoms with van der Waals surface area (Å²) in [5.74, 6) is -3.03. The second-order valence-electron chi connectivity index (χ2n) is 15.7. The van der Waals surface area contributed by atoms with E-state index in [0.717, 1.165) is 42.7 Å². The molecule has 18 nitrogen and oxygen atoms in total. The molecule has 0 saturated carbocycles. The van der Waals surface area contributed by atoms with Crippen molar-refractivity contribution in [2.45, 2.75) is 141 Å². The Hall–Kier alpha value is -5.50. The number of H-pyrrole nitrogens is 1. The van der Waals surface area contributed by atoms with E-state index < -0.39 is 40.8 Å². The number of aryl methyl sites for hydroxylation is 1. The average Bonchev–Trinajstić information content (AvgIpc) is 3.87. The molecule has 1 fully saturated rings. The number of aliphatic carboxylic acids is 2. The van der Waals surface area contributed by atoms with E-state index in [1.165, 1.54) is 87.3 Å². The maximum absolute atomic E-state index is 13.1. The van der Waals surface area contributed by atoms with Crippen LogP contribution < -0.4 is 26.7 Å². The molecule has 2 aliphatic rings. The minimum atomic E-state index is -1.75. The summed E-state index contributed by atoms with van der Waals surface area (Å²) in [6.45, 7) is 7.26. The lowest BCUT2D eigenvalue weighted by atomic mass is 10.0. The van der Waals surface area contributed by atoms with E-state index in [0.29, 0.717) is 36.3 Å². The first-order chi connectivity index (χ1) is 29.6. The Morgan fingerprint density at radius 3 is 2.27 bits per heavy atom. The fraction of sp³-hybridized carbons (Fsp3) is 0.548. The second-order valence-corrected chi connectivity index (χ2v) is 17.7. The summed E-state index contributed by atoms with van der Waals surface area (Å²) in [6.07, 6.45) is 19.9. The zero-order valence-electron chi connectivity index (χ0n) is 35.9. The monoisotopic (exact) mass is 897 g/mol. The predicted octanol–water partition coefficient (Wildman–Crippen LogP) is 4.78. The quantitative estimate of drug-likeness (QED) is 0.0210. The average molecular weight is 898 g/mol. The Morgan fingerprint density at radius 1 is 1.03 bits per heavy atom. The first kappa shape index (κ1) is 49.2. The third-order valence-corrected chi connectivity index (χ3v) is 12.2. The summed E-state index contributed by atoms with van der Waals surface area (Å²) in [5.41, 5.74) is 10.6. The molecule has 0 radical (unpaired) electrons. The number of hydrogen-bond acceptors (Lipinski definition) is 13. The Labute approximate surface area is 370 Å². The molecule has 3 aromatic heterocycles. The van der Waals surface area contributed by atoms with Crippen molar-refractivity contribution in [2.24, 2.45) is 5.16 Å². The van der Waals surface area contributed by atoms with E-state index in [4.69, 9.17) is 16.3 Å². The number of pyridine rings is 1. The number of nitrogen functional groups attached to an aromatic ring is 2. The highest BCUT2D eigenvalue weighted by Gasteiger charge is 2.55. The van der Waals surface area contributed by atoms with Gasteiger partial charge in [0, 0.05) is 47.0 Å². The zero-order chi connectivity index (χ0) is 45.2. The van der Waals surface area contributed by atoms with Gasteiger partial charge in [0.1, 0.15) is 22.8 Å². The topological polar surface area (TPSA) is 272 Å². The molecule has 0 spiro atoms. The van der Waals surface area contributed by atoms with Crippen LogP contribution in [0.25, 0.3) is 0 Å². The lowest BCUT2D eigenvalue weighted by Gasteiger charge is -2.49. The summed E-state index contributed by atoms with van der Waals surface area (Å²) in [4.78, 5) is 79.1. The molecule has 0 bridgehead atoms. The third-order valence-electron chi connectivity index (χ3n) is 10.2. The SMILES string of the molecule is CC(C)(O/N=C(\C(=O)N[C@@H]1C(=O)N2C(C(=O)O)=C(C[n+]3ccccc3)CS[C@H]12)c1csc(N)n1)C(=O)O.CCCCCCC(CCCCCC)NC(=O)CCCc1cnc(N)[nH]1. The van der Waals surface area contributed by atoms with E-state index in [1.807, 2.05) is 22.8 Å². The van der Waals surface area contributed by atoms with Gasteiger partial charge in [-0.2, -0.15) is 0 Å². The molecule has 9 N–H and O–H groups in total. The molecule has 0 unspecified atom stereocenters. The number of carbonyl (C=O) groups excluding carboxylic acids is 3. The van der Waals surface area contributed by atoms with Crippen molar-refractivity contribution in [3.63, 3.8) is 0 Å². The number of oxime groups is 1. The first-order valence-electron chi connectivity index (χ1n) is 21.1. The molecule has 3 aromatic rings. The van der Waals surface area contributed by atoms with Crippen LogP contribution in [0.2, 0.25) is 0 Å². The number of hydrogen-bond donors (Lipinski definition) is 7. The number of imidazole rings is 1. The summed E-state index contributed by atoms with van der Waals surface area (Å²) in [6, 6.07) is 4.79. The van der Waals surface area contributed by atoms with Crippen LogP contribution in [0.5, 0.6) is 0 Å². The van der Waals surface area contributed by atoms with Gasteiger partial charge < -0.3 is 42.1 Å². The van der Waals surface area contributed by atoms with E-state index >= 15 is 0 Å². The van der Waals surface area contributed by atoms with E-state index in [-0.39, 0.29) is 28.1 Å². The van der Waals surface area contributed by atoms with Crippen LogP contribution in [0.1, 0.15) is 116 Å². The van der Waals surface area contributed by atoms with Gasteiger partial charge in [-0.1, -0.05) is 76.4 Å². The molecule has 20 heteroatoms. The number of nitrogens with one attached hydrogen (secondary N) is 3. The van der Waals surface area contributed by atoms with E-state index in [9.17, 15) is 34.2 Å². The Bertz CT molecular complexity index is 2020. The van der Waals surface area contributed by atoms with Gasteiger partial charge in [-0.3, -0.25) is 19.3 Å². The molecule has 1 saturated heterocycles. The first-order valence-corrected chi connectivity index (χ1v) is 23.0. The Balaban J connectivity index is 0.000000296. The predicted molar refractivity (Wildman–Crippen MR) is 238 cm³/mol. The number of carboxylic acids is 2. The standard InChI is InChI=1S/C22H22N6O7S2.C20H38N4O/c1-22(2,20(33)34)35-26-13(12-10-37-21(23)24-12)16(29)25-14-17(30)28-15(19(31)32)11(9-36-18(14)28)8-27-6-4-3-5-7-27;1-3-5-7-9-12-17(13-10-8-6-4-2)23-19(25)15-11-14-18-16-22-20(21)24-18/h3-7,10,14,18H,8-9H2,1-2H3,(H4-,23,24,25,29,31,32,33,34);16-17H,3-15H2,1-2H3,(H,23,25)(H3,21,22,24)/p+1/b26-13-;/t14-,18-;/m1./s1. The number of aromatic nitrogens is 4. The Morgan fingerprint density at radius 2 is 1.71 bits per heavy atom. The minimum absolute atomic E-state index is 0.0365. The lowest BCUT2D eigenvalue weighted by Crippen LogP contribution is -2.71. The summed E-state index contributed by atoms with van der Waals surface area (Å²) in [5, 5.41) is 29.6. The van der Waals surface area contributed by atoms with Crippen LogP contribution in [-0.4, -0.2) is 94.2 Å². The van der Waals surface area contributed by atoms with Gasteiger partial charge in [-0.15, -0.1) is 23.1 Å². The van der Waals surface area contributed by atoms with Crippen molar-refractivity contribution in [3.05, 3.63) is 64.8 Å². The van der Waals surface area contributed by atoms with Crippen molar-refractivity contribution < 1.29 is 43.6 Å². The number of carbonyl (C=O) groups is 5. The Kier molecular flexibility index (Phi) is 19.2. The zero-order valence-corrected chi connectivity index (χ0v) is 37.6. The minimum Gasteiger partial charge on any atom is -0.478 e. The van der Waals surface area contributed by atoms with Gasteiger partial charge in [-0.25, -0.2) is 24.1 Å². The number of rotatable bonds is 24. The molecular weight excluding hydrogens is 837 g/mol. The fourth-order valence-electron chi connectivity index (χ4n) is 6.74. The van der Waals surface area contributed by atoms with E-state index in [2.05, 4.69) is 44.6 Å². The number of nitrogens with two attached hydrogens (primary N) is 2. The number of thioether (sulfide) groups is 1. The number of nitrogens with zero attached hydrogens (tertiary/aromatic N) is 5. The molecular formula is C42H61N10O8S2+. The smallest absolute Gasteiger partial charge is 0.352 e. The van der Waals surface area contributed by atoms with Gasteiger partial charge in [0.25, 0.3) is 11.8 Å². The number of unbranched alkanes of at least 4 members (excludes halogenated alkanes) is 6. The summed E-state index contributed by atoms with van der Waals surface area (Å²) < 4.78 is 1.81. The highest BCUT2D eigenvalue weighted by atomic mass is 32.2. The van der Waals surface area contributed by atoms with Crippen LogP contribution in [0.3, 0.4) is 0 Å². The largest absolute Gasteiger partial charge is 0.478 e. The van der Waals surface area contributed by atoms with Crippen molar-refractivity contribution in [1.82, 2.24) is 30.5 Å². The van der Waals surface area contributed by atoms with Crippen LogP contribution in [-0.2, 0) is 41.8 Å². The lowest BCUT2D eigenvalue weighted by molar-refractivity contribution is -0.689. The van der Waals surface area contributed by atoms with Crippen molar-refractivity contribution in [2.75, 3.05) is 17.2 Å². The van der Waals surface area contributed by atoms with Gasteiger partial charge >= 0.3 is 11.9 Å². The third kappa shape index (κ3) is 14.6. The number of thiazole rings is 1. The number of anilines is 2. The normalized spacial score (nSPS) is 16.2. The number of aromatic amines is 1.